The van der Waals surface area contributed by atoms with Crippen LogP contribution in [0.3, 0.4) is 0 Å². The maximum absolute atomic E-state index is 13.3. The number of carbonyl (C=O) groups is 2. The van der Waals surface area contributed by atoms with Crippen LogP contribution in [-0.4, -0.2) is 53.7 Å². The van der Waals surface area contributed by atoms with Crippen LogP contribution < -0.4 is 9.62 Å². The van der Waals surface area contributed by atoms with Gasteiger partial charge in [0.25, 0.3) is 15.9 Å². The fourth-order valence-electron chi connectivity index (χ4n) is 2.57. The van der Waals surface area contributed by atoms with Crippen molar-refractivity contribution in [3.8, 4) is 0 Å². The first kappa shape index (κ1) is 25.3. The standard InChI is InChI=1S/C21H22ClFN2O6S/c1-3-11-25(17-7-5-16(23)6-8-17)32(28,29)19-13-15(4-9-18(19)22)21(27)31-14-20(26)24-10-12-30-2/h3-9,13H,1,10-12,14H2,2H3,(H,24,26). The van der Waals surface area contributed by atoms with Crippen LogP contribution in [0.5, 0.6) is 0 Å². The van der Waals surface area contributed by atoms with Crippen LogP contribution in [0.15, 0.2) is 60.0 Å². The van der Waals surface area contributed by atoms with Gasteiger partial charge in [-0.25, -0.2) is 17.6 Å². The number of ether oxygens (including phenoxy) is 2. The van der Waals surface area contributed by atoms with E-state index in [1.807, 2.05) is 0 Å². The molecule has 0 saturated carbocycles. The fourth-order valence-corrected chi connectivity index (χ4v) is 4.51. The minimum atomic E-state index is -4.26. The number of anilines is 1. The van der Waals surface area contributed by atoms with Crippen LogP contribution in [0.4, 0.5) is 10.1 Å². The van der Waals surface area contributed by atoms with Gasteiger partial charge in [0.05, 0.1) is 29.4 Å². The number of hydrogen-bond donors (Lipinski definition) is 1. The summed E-state index contributed by atoms with van der Waals surface area (Å²) in [7, 11) is -2.78. The highest BCUT2D eigenvalue weighted by molar-refractivity contribution is 7.93. The van der Waals surface area contributed by atoms with Gasteiger partial charge in [-0.05, 0) is 42.5 Å². The van der Waals surface area contributed by atoms with E-state index < -0.39 is 34.3 Å². The van der Waals surface area contributed by atoms with Crippen molar-refractivity contribution in [2.75, 3.05) is 37.7 Å². The molecule has 0 aliphatic heterocycles. The third-order valence-corrected chi connectivity index (χ3v) is 6.38. The summed E-state index contributed by atoms with van der Waals surface area (Å²) in [5.74, 6) is -1.97. The monoisotopic (exact) mass is 484 g/mol. The molecule has 172 valence electrons. The van der Waals surface area contributed by atoms with Crippen LogP contribution >= 0.6 is 11.6 Å². The molecular weight excluding hydrogens is 463 g/mol. The molecule has 2 aromatic carbocycles. The lowest BCUT2D eigenvalue weighted by molar-refractivity contribution is -0.124. The number of halogens is 2. The normalized spacial score (nSPS) is 11.0. The Bertz CT molecular complexity index is 1080. The van der Waals surface area contributed by atoms with Gasteiger partial charge in [-0.3, -0.25) is 9.10 Å². The van der Waals surface area contributed by atoms with Gasteiger partial charge < -0.3 is 14.8 Å². The number of rotatable bonds is 11. The first-order valence-corrected chi connectivity index (χ1v) is 11.1. The predicted octanol–water partition coefficient (Wildman–Crippen LogP) is 2.78. The van der Waals surface area contributed by atoms with Crippen molar-refractivity contribution < 1.29 is 31.9 Å². The number of nitrogens with zero attached hydrogens (tertiary/aromatic N) is 1. The third kappa shape index (κ3) is 6.52. The molecular formula is C21H22ClFN2O6S. The first-order valence-electron chi connectivity index (χ1n) is 9.32. The second-order valence-electron chi connectivity index (χ2n) is 6.37. The zero-order valence-electron chi connectivity index (χ0n) is 17.2. The van der Waals surface area contributed by atoms with Crippen LogP contribution in [0, 0.1) is 5.82 Å². The summed E-state index contributed by atoms with van der Waals surface area (Å²) in [5, 5.41) is 2.36. The van der Waals surface area contributed by atoms with Crippen LogP contribution in [0.1, 0.15) is 10.4 Å². The summed E-state index contributed by atoms with van der Waals surface area (Å²) in [6.45, 7) is 3.43. The van der Waals surface area contributed by atoms with E-state index in [0.29, 0.717) is 6.61 Å². The van der Waals surface area contributed by atoms with Gasteiger partial charge in [0, 0.05) is 13.7 Å². The van der Waals surface area contributed by atoms with Crippen molar-refractivity contribution in [1.29, 1.82) is 0 Å². The minimum absolute atomic E-state index is 0.115. The second kappa shape index (κ2) is 11.6. The molecule has 0 bridgehead atoms. The summed E-state index contributed by atoms with van der Waals surface area (Å²) >= 11 is 6.12. The van der Waals surface area contributed by atoms with Crippen molar-refractivity contribution in [1.82, 2.24) is 5.32 Å². The molecule has 0 fully saturated rings. The molecule has 0 atom stereocenters. The van der Waals surface area contributed by atoms with Crippen molar-refractivity contribution in [2.45, 2.75) is 4.90 Å². The van der Waals surface area contributed by atoms with E-state index in [4.69, 9.17) is 21.1 Å². The molecule has 32 heavy (non-hydrogen) atoms. The fraction of sp³-hybridized carbons (Fsp3) is 0.238. The van der Waals surface area contributed by atoms with E-state index >= 15 is 0 Å². The Hall–Kier alpha value is -2.95. The van der Waals surface area contributed by atoms with Crippen LogP contribution in [0.2, 0.25) is 5.02 Å². The molecule has 0 aliphatic rings. The summed E-state index contributed by atoms with van der Waals surface area (Å²) in [6, 6.07) is 8.41. The summed E-state index contributed by atoms with van der Waals surface area (Å²) < 4.78 is 50.6. The molecule has 1 N–H and O–H groups in total. The summed E-state index contributed by atoms with van der Waals surface area (Å²) in [5.41, 5.74) is 0.0680. The Morgan fingerprint density at radius 3 is 2.53 bits per heavy atom. The number of methoxy groups -OCH3 is 1. The average Bonchev–Trinajstić information content (AvgIpc) is 2.77. The van der Waals surface area contributed by atoms with Gasteiger partial charge in [0.1, 0.15) is 10.7 Å². The van der Waals surface area contributed by atoms with Gasteiger partial charge >= 0.3 is 5.97 Å². The first-order chi connectivity index (χ1) is 15.2. The maximum atomic E-state index is 13.3. The summed E-state index contributed by atoms with van der Waals surface area (Å²) in [4.78, 5) is 23.7. The van der Waals surface area contributed by atoms with Gasteiger partial charge in [-0.15, -0.1) is 6.58 Å². The lowest BCUT2D eigenvalue weighted by atomic mass is 10.2. The van der Waals surface area contributed by atoms with Crippen molar-refractivity contribution >= 4 is 39.2 Å². The molecule has 0 saturated heterocycles. The zero-order chi connectivity index (χ0) is 23.7. The number of hydrogen-bond acceptors (Lipinski definition) is 6. The average molecular weight is 485 g/mol. The van der Waals surface area contributed by atoms with E-state index in [-0.39, 0.29) is 34.3 Å². The molecule has 8 nitrogen and oxygen atoms in total. The second-order valence-corrected chi connectivity index (χ2v) is 8.60. The van der Waals surface area contributed by atoms with Crippen molar-refractivity contribution in [2.24, 2.45) is 0 Å². The highest BCUT2D eigenvalue weighted by Crippen LogP contribution is 2.29. The predicted molar refractivity (Wildman–Crippen MR) is 118 cm³/mol. The lowest BCUT2D eigenvalue weighted by Crippen LogP contribution is -2.32. The molecule has 0 heterocycles. The number of esters is 1. The number of sulfonamides is 1. The van der Waals surface area contributed by atoms with Gasteiger partial charge in [-0.1, -0.05) is 17.7 Å². The SMILES string of the molecule is C=CCN(c1ccc(F)cc1)S(=O)(=O)c1cc(C(=O)OCC(=O)NCCOC)ccc1Cl. The van der Waals surface area contributed by atoms with E-state index in [9.17, 15) is 22.4 Å². The third-order valence-electron chi connectivity index (χ3n) is 4.11. The topological polar surface area (TPSA) is 102 Å². The van der Waals surface area contributed by atoms with Crippen molar-refractivity contribution in [3.05, 3.63) is 71.5 Å². The van der Waals surface area contributed by atoms with Crippen molar-refractivity contribution in [3.63, 3.8) is 0 Å². The number of carbonyl (C=O) groups excluding carboxylic acids is 2. The molecule has 11 heteroatoms. The number of nitrogens with one attached hydrogen (secondary N) is 1. The molecule has 0 spiro atoms. The molecule has 0 aliphatic carbocycles. The molecule has 2 rings (SSSR count). The molecule has 0 aromatic heterocycles. The Labute approximate surface area is 190 Å². The molecule has 2 aromatic rings. The van der Waals surface area contributed by atoms with Crippen LogP contribution in [0.25, 0.3) is 0 Å². The van der Waals surface area contributed by atoms with E-state index in [2.05, 4.69) is 11.9 Å². The molecule has 0 unspecified atom stereocenters. The highest BCUT2D eigenvalue weighted by atomic mass is 35.5. The smallest absolute Gasteiger partial charge is 0.338 e. The van der Waals surface area contributed by atoms with Gasteiger partial charge in [0.15, 0.2) is 6.61 Å². The quantitative estimate of drug-likeness (QED) is 0.299. The Morgan fingerprint density at radius 1 is 1.22 bits per heavy atom. The van der Waals surface area contributed by atoms with Crippen LogP contribution in [-0.2, 0) is 24.3 Å². The molecule has 1 amide bonds. The summed E-state index contributed by atoms with van der Waals surface area (Å²) in [6.07, 6.45) is 1.36. The number of benzene rings is 2. The number of amides is 1. The van der Waals surface area contributed by atoms with Gasteiger partial charge in [-0.2, -0.15) is 0 Å². The minimum Gasteiger partial charge on any atom is -0.452 e. The highest BCUT2D eigenvalue weighted by Gasteiger charge is 2.28. The Balaban J connectivity index is 2.27. The lowest BCUT2D eigenvalue weighted by Gasteiger charge is -2.24. The van der Waals surface area contributed by atoms with Gasteiger partial charge in [0.2, 0.25) is 0 Å². The Morgan fingerprint density at radius 2 is 1.91 bits per heavy atom. The largest absolute Gasteiger partial charge is 0.452 e. The van der Waals surface area contributed by atoms with E-state index in [1.165, 1.54) is 37.5 Å². The maximum Gasteiger partial charge on any atom is 0.338 e. The molecule has 0 radical (unpaired) electrons. The zero-order valence-corrected chi connectivity index (χ0v) is 18.8. The van der Waals surface area contributed by atoms with E-state index in [0.717, 1.165) is 22.5 Å². The van der Waals surface area contributed by atoms with E-state index in [1.54, 1.807) is 0 Å². The Kier molecular flexibility index (Phi) is 9.18.